The number of nitrogens with one attached hydrogen (secondary N) is 3. The molecule has 178 valence electrons. The first-order valence-electron chi connectivity index (χ1n) is 11.3. The fourth-order valence-corrected chi connectivity index (χ4v) is 4.26. The number of ether oxygens (including phenoxy) is 1. The van der Waals surface area contributed by atoms with Crippen molar-refractivity contribution in [1.29, 1.82) is 0 Å². The van der Waals surface area contributed by atoms with Crippen molar-refractivity contribution in [2.24, 2.45) is 10.9 Å². The van der Waals surface area contributed by atoms with Crippen LogP contribution < -0.4 is 20.3 Å². The second-order valence-corrected chi connectivity index (χ2v) is 8.20. The predicted octanol–water partition coefficient (Wildman–Crippen LogP) is 4.56. The van der Waals surface area contributed by atoms with Gasteiger partial charge in [-0.25, -0.2) is 4.39 Å². The van der Waals surface area contributed by atoms with E-state index in [-0.39, 0.29) is 29.8 Å². The minimum atomic E-state index is -0.208. The number of guanidine groups is 1. The molecule has 1 atom stereocenters. The van der Waals surface area contributed by atoms with E-state index in [9.17, 15) is 4.39 Å². The normalized spacial score (nSPS) is 16.0. The van der Waals surface area contributed by atoms with Crippen LogP contribution in [0.1, 0.15) is 18.9 Å². The van der Waals surface area contributed by atoms with Gasteiger partial charge >= 0.3 is 0 Å². The Labute approximate surface area is 212 Å². The van der Waals surface area contributed by atoms with E-state index in [4.69, 9.17) is 9.73 Å². The molecule has 2 aromatic carbocycles. The second-order valence-electron chi connectivity index (χ2n) is 8.20. The number of hydrogen-bond acceptors (Lipinski definition) is 3. The largest absolute Gasteiger partial charge is 0.497 e. The fraction of sp³-hybridized carbons (Fsp3) is 0.400. The summed E-state index contributed by atoms with van der Waals surface area (Å²) < 4.78 is 19.0. The quantitative estimate of drug-likeness (QED) is 0.213. The fourth-order valence-electron chi connectivity index (χ4n) is 4.26. The highest BCUT2D eigenvalue weighted by Crippen LogP contribution is 2.27. The average molecular weight is 565 g/mol. The van der Waals surface area contributed by atoms with Crippen LogP contribution in [0.3, 0.4) is 0 Å². The molecule has 3 aromatic rings. The van der Waals surface area contributed by atoms with E-state index in [2.05, 4.69) is 39.6 Å². The van der Waals surface area contributed by atoms with Gasteiger partial charge in [-0.1, -0.05) is 6.07 Å². The predicted molar refractivity (Wildman–Crippen MR) is 145 cm³/mol. The standard InChI is InChI=1S/C25H32FN5O.HI/c1-3-27-25(28-11-9-19-16-29-24-8-7-20(26)13-23(19)24)30-15-18-10-12-31(17-18)21-5-4-6-22(14-21)32-2;/h4-8,13-14,16,18,29H,3,9-12,15,17H2,1-2H3,(H2,27,28,30);1H. The maximum absolute atomic E-state index is 13.6. The van der Waals surface area contributed by atoms with Crippen LogP contribution in [0, 0.1) is 11.7 Å². The highest BCUT2D eigenvalue weighted by atomic mass is 127. The summed E-state index contributed by atoms with van der Waals surface area (Å²) in [5.41, 5.74) is 3.27. The number of H-pyrrole nitrogens is 1. The van der Waals surface area contributed by atoms with Crippen molar-refractivity contribution in [2.45, 2.75) is 19.8 Å². The Morgan fingerprint density at radius 3 is 2.94 bits per heavy atom. The van der Waals surface area contributed by atoms with Gasteiger partial charge in [-0.15, -0.1) is 24.0 Å². The van der Waals surface area contributed by atoms with Crippen molar-refractivity contribution in [2.75, 3.05) is 44.7 Å². The van der Waals surface area contributed by atoms with E-state index in [0.717, 1.165) is 73.7 Å². The molecule has 1 fully saturated rings. The van der Waals surface area contributed by atoms with Gasteiger partial charge in [0.2, 0.25) is 0 Å². The smallest absolute Gasteiger partial charge is 0.191 e. The monoisotopic (exact) mass is 565 g/mol. The molecule has 33 heavy (non-hydrogen) atoms. The number of hydrogen-bond donors (Lipinski definition) is 3. The molecule has 2 heterocycles. The number of anilines is 1. The molecule has 4 rings (SSSR count). The van der Waals surface area contributed by atoms with Crippen molar-refractivity contribution in [3.05, 3.63) is 60.0 Å². The van der Waals surface area contributed by atoms with Crippen molar-refractivity contribution >= 4 is 46.5 Å². The molecule has 0 radical (unpaired) electrons. The zero-order valence-electron chi connectivity index (χ0n) is 19.2. The SMILES string of the molecule is CCNC(=NCC1CCN(c2cccc(OC)c2)C1)NCCc1c[nH]c2ccc(F)cc12.I. The van der Waals surface area contributed by atoms with E-state index in [1.807, 2.05) is 18.3 Å². The summed E-state index contributed by atoms with van der Waals surface area (Å²) in [5.74, 6) is 2.04. The Morgan fingerprint density at radius 2 is 2.12 bits per heavy atom. The lowest BCUT2D eigenvalue weighted by atomic mass is 10.1. The van der Waals surface area contributed by atoms with Crippen LogP contribution in [0.2, 0.25) is 0 Å². The lowest BCUT2D eigenvalue weighted by Crippen LogP contribution is -2.38. The van der Waals surface area contributed by atoms with Crippen molar-refractivity contribution < 1.29 is 9.13 Å². The van der Waals surface area contributed by atoms with Crippen LogP contribution >= 0.6 is 24.0 Å². The number of aromatic amines is 1. The van der Waals surface area contributed by atoms with Crippen molar-refractivity contribution in [3.63, 3.8) is 0 Å². The first kappa shape index (κ1) is 25.1. The Balaban J connectivity index is 0.00000306. The minimum Gasteiger partial charge on any atom is -0.497 e. The van der Waals surface area contributed by atoms with E-state index < -0.39 is 0 Å². The highest BCUT2D eigenvalue weighted by molar-refractivity contribution is 14.0. The van der Waals surface area contributed by atoms with Crippen LogP contribution in [0.25, 0.3) is 10.9 Å². The molecular weight excluding hydrogens is 532 g/mol. The third-order valence-corrected chi connectivity index (χ3v) is 5.97. The van der Waals surface area contributed by atoms with Gasteiger partial charge in [-0.2, -0.15) is 0 Å². The molecule has 0 bridgehead atoms. The molecule has 0 aliphatic carbocycles. The molecule has 0 saturated carbocycles. The minimum absolute atomic E-state index is 0. The van der Waals surface area contributed by atoms with Gasteiger partial charge in [-0.3, -0.25) is 4.99 Å². The molecule has 6 nitrogen and oxygen atoms in total. The van der Waals surface area contributed by atoms with Gasteiger partial charge in [0.25, 0.3) is 0 Å². The summed E-state index contributed by atoms with van der Waals surface area (Å²) in [6.07, 6.45) is 3.88. The van der Waals surface area contributed by atoms with Gasteiger partial charge < -0.3 is 25.3 Å². The number of methoxy groups -OCH3 is 1. The molecular formula is C25H33FIN5O. The number of fused-ring (bicyclic) bond motifs is 1. The van der Waals surface area contributed by atoms with Gasteiger partial charge in [0, 0.05) is 61.6 Å². The first-order chi connectivity index (χ1) is 15.7. The van der Waals surface area contributed by atoms with Crippen LogP contribution in [0.5, 0.6) is 5.75 Å². The Kier molecular flexibility index (Phi) is 9.22. The summed E-state index contributed by atoms with van der Waals surface area (Å²) >= 11 is 0. The highest BCUT2D eigenvalue weighted by Gasteiger charge is 2.22. The van der Waals surface area contributed by atoms with Crippen LogP contribution in [-0.2, 0) is 6.42 Å². The zero-order chi connectivity index (χ0) is 22.3. The number of benzene rings is 2. The summed E-state index contributed by atoms with van der Waals surface area (Å²) in [5, 5.41) is 7.70. The van der Waals surface area contributed by atoms with E-state index in [0.29, 0.717) is 5.92 Å². The summed E-state index contributed by atoms with van der Waals surface area (Å²) in [7, 11) is 1.70. The molecule has 0 spiro atoms. The topological polar surface area (TPSA) is 64.7 Å². The number of aromatic nitrogens is 1. The third kappa shape index (κ3) is 6.52. The second kappa shape index (κ2) is 12.1. The molecule has 1 unspecified atom stereocenters. The Morgan fingerprint density at radius 1 is 1.24 bits per heavy atom. The first-order valence-corrected chi connectivity index (χ1v) is 11.3. The summed E-state index contributed by atoms with van der Waals surface area (Å²) in [4.78, 5) is 10.4. The van der Waals surface area contributed by atoms with Gasteiger partial charge in [0.1, 0.15) is 11.6 Å². The van der Waals surface area contributed by atoms with E-state index in [1.165, 1.54) is 11.8 Å². The maximum Gasteiger partial charge on any atom is 0.191 e. The van der Waals surface area contributed by atoms with E-state index in [1.54, 1.807) is 19.2 Å². The number of aliphatic imine (C=N–C) groups is 1. The van der Waals surface area contributed by atoms with Crippen LogP contribution in [0.4, 0.5) is 10.1 Å². The number of nitrogens with zero attached hydrogens (tertiary/aromatic N) is 2. The van der Waals surface area contributed by atoms with Crippen molar-refractivity contribution in [1.82, 2.24) is 15.6 Å². The van der Waals surface area contributed by atoms with E-state index >= 15 is 0 Å². The average Bonchev–Trinajstić information content (AvgIpc) is 3.45. The van der Waals surface area contributed by atoms with Crippen molar-refractivity contribution in [3.8, 4) is 5.75 Å². The Bertz CT molecular complexity index is 1070. The molecule has 3 N–H and O–H groups in total. The maximum atomic E-state index is 13.6. The molecule has 1 aromatic heterocycles. The lowest BCUT2D eigenvalue weighted by molar-refractivity contribution is 0.415. The molecule has 1 aliphatic heterocycles. The molecule has 8 heteroatoms. The molecule has 1 aliphatic rings. The summed E-state index contributed by atoms with van der Waals surface area (Å²) in [6.45, 7) is 6.43. The van der Waals surface area contributed by atoms with Crippen LogP contribution in [-0.4, -0.2) is 50.8 Å². The zero-order valence-corrected chi connectivity index (χ0v) is 21.6. The van der Waals surface area contributed by atoms with Gasteiger partial charge in [-0.05, 0) is 61.6 Å². The number of rotatable bonds is 8. The molecule has 0 amide bonds. The van der Waals surface area contributed by atoms with Gasteiger partial charge in [0.05, 0.1) is 7.11 Å². The van der Waals surface area contributed by atoms with Gasteiger partial charge in [0.15, 0.2) is 5.96 Å². The Hall–Kier alpha value is -2.49. The molecule has 1 saturated heterocycles. The van der Waals surface area contributed by atoms with Crippen LogP contribution in [0.15, 0.2) is 53.7 Å². The lowest BCUT2D eigenvalue weighted by Gasteiger charge is -2.19. The number of halogens is 2. The summed E-state index contributed by atoms with van der Waals surface area (Å²) in [6, 6.07) is 13.1. The third-order valence-electron chi connectivity index (χ3n) is 5.97.